The summed E-state index contributed by atoms with van der Waals surface area (Å²) in [6, 6.07) is 10.0. The van der Waals surface area contributed by atoms with Gasteiger partial charge in [0, 0.05) is 19.3 Å². The Morgan fingerprint density at radius 2 is 2.00 bits per heavy atom. The van der Waals surface area contributed by atoms with Crippen LogP contribution in [0.2, 0.25) is 0 Å². The zero-order valence-electron chi connectivity index (χ0n) is 10.7. The maximum absolute atomic E-state index is 11.1. The lowest BCUT2D eigenvalue weighted by molar-refractivity contribution is 0.0693. The molecule has 0 aliphatic carbocycles. The van der Waals surface area contributed by atoms with Gasteiger partial charge in [-0.3, -0.25) is 4.90 Å². The summed E-state index contributed by atoms with van der Waals surface area (Å²) >= 11 is 0. The lowest BCUT2D eigenvalue weighted by Gasteiger charge is -2.17. The number of hydrogen-bond donors (Lipinski definition) is 1. The van der Waals surface area contributed by atoms with Gasteiger partial charge in [-0.2, -0.15) is 0 Å². The number of nitrogens with zero attached hydrogens (tertiary/aromatic N) is 3. The molecular formula is C14H15N3O2. The summed E-state index contributed by atoms with van der Waals surface area (Å²) in [6.45, 7) is 1.21. The van der Waals surface area contributed by atoms with Crippen LogP contribution >= 0.6 is 0 Å². The summed E-state index contributed by atoms with van der Waals surface area (Å²) in [4.78, 5) is 20.9. The molecule has 0 bridgehead atoms. The van der Waals surface area contributed by atoms with Crippen molar-refractivity contribution in [3.05, 3.63) is 59.7 Å². The van der Waals surface area contributed by atoms with Gasteiger partial charge in [-0.1, -0.05) is 30.3 Å². The van der Waals surface area contributed by atoms with Gasteiger partial charge >= 0.3 is 5.97 Å². The minimum Gasteiger partial charge on any atom is -0.478 e. The van der Waals surface area contributed by atoms with E-state index < -0.39 is 5.97 Å². The second kappa shape index (κ2) is 6.06. The Labute approximate surface area is 111 Å². The van der Waals surface area contributed by atoms with Crippen molar-refractivity contribution in [2.45, 2.75) is 13.1 Å². The number of carbonyl (C=O) groups is 1. The summed E-state index contributed by atoms with van der Waals surface area (Å²) < 4.78 is 0. The van der Waals surface area contributed by atoms with Crippen LogP contribution < -0.4 is 0 Å². The number of aromatic carboxylic acids is 1. The largest absolute Gasteiger partial charge is 0.478 e. The maximum Gasteiger partial charge on any atom is 0.339 e. The van der Waals surface area contributed by atoms with Crippen LogP contribution in [0.4, 0.5) is 0 Å². The predicted octanol–water partition coefficient (Wildman–Crippen LogP) is 1.81. The average Bonchev–Trinajstić information content (AvgIpc) is 2.40. The van der Waals surface area contributed by atoms with Gasteiger partial charge in [-0.05, 0) is 12.6 Å². The highest BCUT2D eigenvalue weighted by Crippen LogP contribution is 2.09. The van der Waals surface area contributed by atoms with E-state index in [9.17, 15) is 4.79 Å². The van der Waals surface area contributed by atoms with E-state index >= 15 is 0 Å². The quantitative estimate of drug-likeness (QED) is 0.884. The Hall–Kier alpha value is -2.27. The number of benzene rings is 1. The van der Waals surface area contributed by atoms with Crippen LogP contribution in [0.3, 0.4) is 0 Å². The fourth-order valence-electron chi connectivity index (χ4n) is 1.87. The molecule has 1 N–H and O–H groups in total. The van der Waals surface area contributed by atoms with Crippen molar-refractivity contribution >= 4 is 5.97 Å². The first-order chi connectivity index (χ1) is 9.16. The van der Waals surface area contributed by atoms with E-state index in [2.05, 4.69) is 9.97 Å². The highest BCUT2D eigenvalue weighted by Gasteiger charge is 2.13. The van der Waals surface area contributed by atoms with Gasteiger partial charge in [-0.15, -0.1) is 0 Å². The third-order valence-electron chi connectivity index (χ3n) is 2.74. The Bertz CT molecular complexity index is 558. The number of carboxylic acids is 1. The normalized spacial score (nSPS) is 10.6. The molecule has 0 aliphatic heterocycles. The smallest absolute Gasteiger partial charge is 0.339 e. The van der Waals surface area contributed by atoms with Gasteiger partial charge in [0.25, 0.3) is 0 Å². The fraction of sp³-hybridized carbons (Fsp3) is 0.214. The minimum absolute atomic E-state index is 0.155. The minimum atomic E-state index is -0.997. The number of carboxylic acid groups (broad SMARTS) is 1. The zero-order chi connectivity index (χ0) is 13.7. The molecule has 19 heavy (non-hydrogen) atoms. The molecule has 2 aromatic rings. The van der Waals surface area contributed by atoms with E-state index in [0.717, 1.165) is 6.54 Å². The Morgan fingerprint density at radius 1 is 1.26 bits per heavy atom. The van der Waals surface area contributed by atoms with Gasteiger partial charge in [0.2, 0.25) is 0 Å². The zero-order valence-corrected chi connectivity index (χ0v) is 10.7. The standard InChI is InChI=1S/C14H15N3O2/c1-17(8-11-5-3-2-4-6-11)9-13-12(14(18)19)7-15-10-16-13/h2-7,10H,8-9H2,1H3,(H,18,19). The third kappa shape index (κ3) is 3.59. The number of aromatic nitrogens is 2. The molecule has 0 fully saturated rings. The van der Waals surface area contributed by atoms with Crippen molar-refractivity contribution in [1.82, 2.24) is 14.9 Å². The summed E-state index contributed by atoms with van der Waals surface area (Å²) in [7, 11) is 1.93. The molecule has 0 spiro atoms. The van der Waals surface area contributed by atoms with Crippen molar-refractivity contribution in [2.24, 2.45) is 0 Å². The molecule has 0 radical (unpaired) electrons. The van der Waals surface area contributed by atoms with Crippen molar-refractivity contribution < 1.29 is 9.90 Å². The molecular weight excluding hydrogens is 242 g/mol. The molecule has 0 aliphatic rings. The SMILES string of the molecule is CN(Cc1ccccc1)Cc1ncncc1C(=O)O. The summed E-state index contributed by atoms with van der Waals surface area (Å²) in [5.74, 6) is -0.997. The molecule has 0 unspecified atom stereocenters. The van der Waals surface area contributed by atoms with Crippen molar-refractivity contribution in [1.29, 1.82) is 0 Å². The molecule has 2 rings (SSSR count). The molecule has 0 saturated heterocycles. The van der Waals surface area contributed by atoms with Crippen molar-refractivity contribution in [2.75, 3.05) is 7.05 Å². The van der Waals surface area contributed by atoms with Crippen molar-refractivity contribution in [3.63, 3.8) is 0 Å². The van der Waals surface area contributed by atoms with Crippen LogP contribution in [0, 0.1) is 0 Å². The summed E-state index contributed by atoms with van der Waals surface area (Å²) in [6.07, 6.45) is 2.71. The van der Waals surface area contributed by atoms with E-state index in [1.54, 1.807) is 0 Å². The highest BCUT2D eigenvalue weighted by molar-refractivity contribution is 5.88. The van der Waals surface area contributed by atoms with Crippen LogP contribution in [0.5, 0.6) is 0 Å². The Kier molecular flexibility index (Phi) is 4.20. The topological polar surface area (TPSA) is 66.3 Å². The van der Waals surface area contributed by atoms with Gasteiger partial charge in [-0.25, -0.2) is 14.8 Å². The van der Waals surface area contributed by atoms with E-state index in [4.69, 9.17) is 5.11 Å². The fourth-order valence-corrected chi connectivity index (χ4v) is 1.87. The lowest BCUT2D eigenvalue weighted by atomic mass is 10.2. The van der Waals surface area contributed by atoms with Gasteiger partial charge in [0.05, 0.1) is 5.69 Å². The Morgan fingerprint density at radius 3 is 2.68 bits per heavy atom. The number of rotatable bonds is 5. The third-order valence-corrected chi connectivity index (χ3v) is 2.74. The second-order valence-corrected chi connectivity index (χ2v) is 4.35. The van der Waals surface area contributed by atoms with Crippen molar-refractivity contribution in [3.8, 4) is 0 Å². The van der Waals surface area contributed by atoms with Crippen LogP contribution in [0.25, 0.3) is 0 Å². The molecule has 1 heterocycles. The highest BCUT2D eigenvalue weighted by atomic mass is 16.4. The van der Waals surface area contributed by atoms with E-state index in [1.165, 1.54) is 18.1 Å². The van der Waals surface area contributed by atoms with Gasteiger partial charge < -0.3 is 5.11 Å². The molecule has 0 saturated carbocycles. The van der Waals surface area contributed by atoms with Gasteiger partial charge in [0.1, 0.15) is 11.9 Å². The van der Waals surface area contributed by atoms with Crippen LogP contribution in [0.15, 0.2) is 42.9 Å². The van der Waals surface area contributed by atoms with Crippen LogP contribution in [0.1, 0.15) is 21.6 Å². The monoisotopic (exact) mass is 257 g/mol. The first kappa shape index (κ1) is 13.2. The molecule has 5 nitrogen and oxygen atoms in total. The maximum atomic E-state index is 11.1. The van der Waals surface area contributed by atoms with Crippen LogP contribution in [-0.2, 0) is 13.1 Å². The molecule has 98 valence electrons. The molecule has 1 aromatic heterocycles. The first-order valence-corrected chi connectivity index (χ1v) is 5.91. The Balaban J connectivity index is 2.07. The van der Waals surface area contributed by atoms with Gasteiger partial charge in [0.15, 0.2) is 0 Å². The van der Waals surface area contributed by atoms with Crippen LogP contribution in [-0.4, -0.2) is 33.0 Å². The predicted molar refractivity (Wildman–Crippen MR) is 70.6 cm³/mol. The van der Waals surface area contributed by atoms with E-state index in [1.807, 2.05) is 42.3 Å². The molecule has 5 heteroatoms. The molecule has 0 amide bonds. The first-order valence-electron chi connectivity index (χ1n) is 5.91. The van der Waals surface area contributed by atoms with E-state index in [0.29, 0.717) is 12.2 Å². The second-order valence-electron chi connectivity index (χ2n) is 4.35. The molecule has 0 atom stereocenters. The summed E-state index contributed by atoms with van der Waals surface area (Å²) in [5, 5.41) is 9.07. The summed E-state index contributed by atoms with van der Waals surface area (Å²) in [5.41, 5.74) is 1.86. The molecule has 1 aromatic carbocycles. The van der Waals surface area contributed by atoms with E-state index in [-0.39, 0.29) is 5.56 Å². The number of hydrogen-bond acceptors (Lipinski definition) is 4. The lowest BCUT2D eigenvalue weighted by Crippen LogP contribution is -2.20. The average molecular weight is 257 g/mol.